The molecule has 3 heterocycles. The smallest absolute Gasteiger partial charge is 0.290 e. The van der Waals surface area contributed by atoms with Crippen LogP contribution in [0.1, 0.15) is 36.9 Å². The summed E-state index contributed by atoms with van der Waals surface area (Å²) in [6.45, 7) is 6.01. The summed E-state index contributed by atoms with van der Waals surface area (Å²) in [7, 11) is -1.68. The monoisotopic (exact) mass is 517 g/mol. The van der Waals surface area contributed by atoms with Gasteiger partial charge in [0.25, 0.3) is 16.5 Å². The van der Waals surface area contributed by atoms with Gasteiger partial charge in [0.05, 0.1) is 17.4 Å². The van der Waals surface area contributed by atoms with Crippen LogP contribution in [0.2, 0.25) is 0 Å². The Hall–Kier alpha value is -3.02. The molecule has 1 aliphatic heterocycles. The lowest BCUT2D eigenvalue weighted by molar-refractivity contribution is -0.122. The summed E-state index contributed by atoms with van der Waals surface area (Å²) < 4.78 is 27.7. The van der Waals surface area contributed by atoms with Crippen LogP contribution in [-0.4, -0.2) is 61.0 Å². The Bertz CT molecular complexity index is 1180. The molecule has 4 rings (SSSR count). The number of pyridine rings is 1. The molecule has 3 aromatic rings. The SMILES string of the molecule is Cc1cc(S(=O)(=O)Nc2cscn2)ncc1N(C)C1CCN(C(C)c2ccccc2)CC1.O=CO. The maximum absolute atomic E-state index is 12.6. The number of hydrogen-bond donors (Lipinski definition) is 2. The van der Waals surface area contributed by atoms with E-state index in [0.29, 0.717) is 17.9 Å². The maximum Gasteiger partial charge on any atom is 0.290 e. The molecular weight excluding hydrogens is 486 g/mol. The number of carbonyl (C=O) groups is 1. The lowest BCUT2D eigenvalue weighted by Gasteiger charge is -2.40. The van der Waals surface area contributed by atoms with Crippen molar-refractivity contribution in [3.63, 3.8) is 0 Å². The van der Waals surface area contributed by atoms with E-state index < -0.39 is 10.0 Å². The molecule has 9 nitrogen and oxygen atoms in total. The summed E-state index contributed by atoms with van der Waals surface area (Å²) in [4.78, 5) is 21.4. The average molecular weight is 518 g/mol. The first-order valence-electron chi connectivity index (χ1n) is 11.2. The largest absolute Gasteiger partial charge is 0.483 e. The van der Waals surface area contributed by atoms with Crippen LogP contribution in [0.25, 0.3) is 0 Å². The molecule has 0 amide bonds. The van der Waals surface area contributed by atoms with Gasteiger partial charge in [0.2, 0.25) is 0 Å². The molecule has 0 radical (unpaired) electrons. The molecule has 0 saturated carbocycles. The van der Waals surface area contributed by atoms with Gasteiger partial charge in [0.1, 0.15) is 0 Å². The number of likely N-dealkylation sites (tertiary alicyclic amines) is 1. The van der Waals surface area contributed by atoms with Crippen molar-refractivity contribution >= 4 is 39.3 Å². The quantitative estimate of drug-likeness (QED) is 0.452. The molecule has 0 bridgehead atoms. The number of aryl methyl sites for hydroxylation is 1. The summed E-state index contributed by atoms with van der Waals surface area (Å²) in [5.74, 6) is 0.312. The zero-order valence-corrected chi connectivity index (χ0v) is 21.7. The summed E-state index contributed by atoms with van der Waals surface area (Å²) in [6.07, 6.45) is 3.78. The Balaban J connectivity index is 0.00000108. The molecule has 11 heteroatoms. The van der Waals surface area contributed by atoms with Crippen molar-refractivity contribution < 1.29 is 18.3 Å². The molecule has 1 fully saturated rings. The van der Waals surface area contributed by atoms with Gasteiger partial charge in [-0.2, -0.15) is 8.42 Å². The van der Waals surface area contributed by atoms with E-state index in [1.165, 1.54) is 16.9 Å². The highest BCUT2D eigenvalue weighted by Crippen LogP contribution is 2.29. The lowest BCUT2D eigenvalue weighted by Crippen LogP contribution is -2.44. The summed E-state index contributed by atoms with van der Waals surface area (Å²) in [5.41, 5.74) is 4.79. The van der Waals surface area contributed by atoms with Gasteiger partial charge in [-0.25, -0.2) is 9.97 Å². The third-order valence-corrected chi connectivity index (χ3v) is 8.10. The number of hydrogen-bond acceptors (Lipinski definition) is 8. The zero-order chi connectivity index (χ0) is 25.4. The number of nitrogens with zero attached hydrogens (tertiary/aromatic N) is 4. The third kappa shape index (κ3) is 6.77. The van der Waals surface area contributed by atoms with Gasteiger partial charge in [0.15, 0.2) is 10.8 Å². The van der Waals surface area contributed by atoms with Gasteiger partial charge in [-0.3, -0.25) is 14.4 Å². The second-order valence-electron chi connectivity index (χ2n) is 8.36. The van der Waals surface area contributed by atoms with Crippen LogP contribution in [-0.2, 0) is 14.8 Å². The van der Waals surface area contributed by atoms with Crippen LogP contribution in [0, 0.1) is 6.92 Å². The van der Waals surface area contributed by atoms with Crippen LogP contribution in [0.4, 0.5) is 11.5 Å². The Labute approximate surface area is 210 Å². The normalized spacial score (nSPS) is 15.5. The molecule has 1 unspecified atom stereocenters. The molecule has 2 N–H and O–H groups in total. The first kappa shape index (κ1) is 26.6. The highest BCUT2D eigenvalue weighted by Gasteiger charge is 2.27. The van der Waals surface area contributed by atoms with Gasteiger partial charge >= 0.3 is 0 Å². The van der Waals surface area contributed by atoms with E-state index >= 15 is 0 Å². The second kappa shape index (κ2) is 12.1. The van der Waals surface area contributed by atoms with E-state index in [-0.39, 0.29) is 11.5 Å². The van der Waals surface area contributed by atoms with Gasteiger partial charge in [0, 0.05) is 37.6 Å². The number of piperidine rings is 1. The van der Waals surface area contributed by atoms with Crippen LogP contribution in [0.5, 0.6) is 0 Å². The second-order valence-corrected chi connectivity index (χ2v) is 10.7. The van der Waals surface area contributed by atoms with E-state index in [1.807, 2.05) is 6.92 Å². The Kier molecular flexibility index (Phi) is 9.19. The molecule has 1 saturated heterocycles. The molecule has 2 aromatic heterocycles. The van der Waals surface area contributed by atoms with Gasteiger partial charge in [-0.05, 0) is 43.9 Å². The number of thiazole rings is 1. The highest BCUT2D eigenvalue weighted by atomic mass is 32.2. The van der Waals surface area contributed by atoms with Crippen LogP contribution in [0.15, 0.2) is 58.5 Å². The zero-order valence-electron chi connectivity index (χ0n) is 20.0. The number of rotatable bonds is 7. The number of aromatic nitrogens is 2. The first-order chi connectivity index (χ1) is 16.8. The van der Waals surface area contributed by atoms with Crippen molar-refractivity contribution in [3.05, 3.63) is 64.6 Å². The number of carboxylic acid groups (broad SMARTS) is 1. The number of benzene rings is 1. The van der Waals surface area contributed by atoms with Crippen LogP contribution < -0.4 is 9.62 Å². The Morgan fingerprint density at radius 3 is 2.46 bits per heavy atom. The number of nitrogens with one attached hydrogen (secondary N) is 1. The summed E-state index contributed by atoms with van der Waals surface area (Å²) in [5, 5.41) is 8.55. The molecular formula is C24H31N5O4S2. The fourth-order valence-electron chi connectivity index (χ4n) is 4.29. The summed E-state index contributed by atoms with van der Waals surface area (Å²) in [6, 6.07) is 13.1. The van der Waals surface area contributed by atoms with Crippen LogP contribution >= 0.6 is 11.3 Å². The average Bonchev–Trinajstić information content (AvgIpc) is 3.36. The van der Waals surface area contributed by atoms with Gasteiger partial charge in [-0.1, -0.05) is 30.3 Å². The fraction of sp³-hybridized carbons (Fsp3) is 0.375. The maximum atomic E-state index is 12.6. The van der Waals surface area contributed by atoms with Crippen molar-refractivity contribution in [3.8, 4) is 0 Å². The first-order valence-corrected chi connectivity index (χ1v) is 13.7. The van der Waals surface area contributed by atoms with Crippen molar-refractivity contribution in [2.24, 2.45) is 0 Å². The Morgan fingerprint density at radius 1 is 1.23 bits per heavy atom. The predicted molar refractivity (Wildman–Crippen MR) is 138 cm³/mol. The summed E-state index contributed by atoms with van der Waals surface area (Å²) >= 11 is 1.33. The minimum atomic E-state index is -3.76. The van der Waals surface area contributed by atoms with Gasteiger partial charge < -0.3 is 10.0 Å². The van der Waals surface area contributed by atoms with E-state index in [4.69, 9.17) is 9.90 Å². The molecule has 0 spiro atoms. The van der Waals surface area contributed by atoms with Gasteiger partial charge in [-0.15, -0.1) is 11.3 Å². The molecule has 1 aromatic carbocycles. The van der Waals surface area contributed by atoms with E-state index in [1.54, 1.807) is 23.2 Å². The topological polar surface area (TPSA) is 116 Å². The Morgan fingerprint density at radius 2 is 1.89 bits per heavy atom. The van der Waals surface area contributed by atoms with Crippen LogP contribution in [0.3, 0.4) is 0 Å². The highest BCUT2D eigenvalue weighted by molar-refractivity contribution is 7.92. The van der Waals surface area contributed by atoms with E-state index in [2.05, 4.69) is 68.8 Å². The van der Waals surface area contributed by atoms with Crippen molar-refractivity contribution in [2.45, 2.75) is 43.8 Å². The molecule has 188 valence electrons. The van der Waals surface area contributed by atoms with Crippen molar-refractivity contribution in [1.29, 1.82) is 0 Å². The minimum Gasteiger partial charge on any atom is -0.483 e. The lowest BCUT2D eigenvalue weighted by atomic mass is 9.99. The van der Waals surface area contributed by atoms with Crippen molar-refractivity contribution in [2.75, 3.05) is 29.8 Å². The fourth-order valence-corrected chi connectivity index (χ4v) is 5.87. The van der Waals surface area contributed by atoms with Crippen molar-refractivity contribution in [1.82, 2.24) is 14.9 Å². The molecule has 1 aliphatic rings. The molecule has 0 aliphatic carbocycles. The van der Waals surface area contributed by atoms with E-state index in [0.717, 1.165) is 37.2 Å². The third-order valence-electron chi connectivity index (χ3n) is 6.26. The molecule has 1 atom stereocenters. The predicted octanol–water partition coefficient (Wildman–Crippen LogP) is 4.01. The molecule has 35 heavy (non-hydrogen) atoms. The van der Waals surface area contributed by atoms with E-state index in [9.17, 15) is 8.42 Å². The minimum absolute atomic E-state index is 0.00616. The standard InChI is InChI=1S/C23H29N5O2S2.CH2O2/c1-17-13-23(32(29,30)26-22-15-31-16-25-22)24-14-21(17)27(3)20-9-11-28(12-10-20)18(2)19-7-5-4-6-8-19;2-1-3/h4-8,13-16,18,20,26H,9-12H2,1-3H3;1H,(H,2,3). The number of anilines is 2. The number of sulfonamides is 1.